The molecule has 1 aromatic carbocycles. The van der Waals surface area contributed by atoms with E-state index in [1.807, 2.05) is 13.8 Å². The molecule has 5 nitrogen and oxygen atoms in total. The molecule has 1 aromatic rings. The molecule has 0 aliphatic heterocycles. The van der Waals surface area contributed by atoms with Crippen LogP contribution in [0.15, 0.2) is 24.3 Å². The molecule has 0 fully saturated rings. The summed E-state index contributed by atoms with van der Waals surface area (Å²) in [5.41, 5.74) is 0.255. The Morgan fingerprint density at radius 2 is 1.80 bits per heavy atom. The molecule has 0 saturated heterocycles. The lowest BCUT2D eigenvalue weighted by Crippen LogP contribution is -2.11. The van der Waals surface area contributed by atoms with Gasteiger partial charge in [-0.1, -0.05) is 0 Å². The summed E-state index contributed by atoms with van der Waals surface area (Å²) in [6.07, 6.45) is 1.01. The highest BCUT2D eigenvalue weighted by Gasteiger charge is 2.01. The van der Waals surface area contributed by atoms with Crippen LogP contribution in [0.4, 0.5) is 0 Å². The lowest BCUT2D eigenvalue weighted by atomic mass is 10.2. The summed E-state index contributed by atoms with van der Waals surface area (Å²) in [7, 11) is 0. The Balaban J connectivity index is 2.05. The summed E-state index contributed by atoms with van der Waals surface area (Å²) in [5.74, 6) is -0.272. The molecule has 0 saturated carbocycles. The molecule has 0 unspecified atom stereocenters. The summed E-state index contributed by atoms with van der Waals surface area (Å²) in [4.78, 5) is 10.7. The van der Waals surface area contributed by atoms with Gasteiger partial charge in [0, 0.05) is 13.0 Å². The molecular weight excluding hydrogens is 260 g/mol. The van der Waals surface area contributed by atoms with Crippen molar-refractivity contribution in [1.82, 2.24) is 0 Å². The van der Waals surface area contributed by atoms with Crippen LogP contribution in [0.25, 0.3) is 0 Å². The smallest absolute Gasteiger partial charge is 0.335 e. The second-order valence-corrected chi connectivity index (χ2v) is 4.56. The van der Waals surface area contributed by atoms with Gasteiger partial charge in [-0.15, -0.1) is 0 Å². The number of carboxylic acids is 1. The summed E-state index contributed by atoms with van der Waals surface area (Å²) in [6.45, 7) is 6.33. The Hall–Kier alpha value is -1.59. The third-order valence-electron chi connectivity index (χ3n) is 2.48. The third kappa shape index (κ3) is 7.11. The van der Waals surface area contributed by atoms with Gasteiger partial charge in [0.15, 0.2) is 0 Å². The fraction of sp³-hybridized carbons (Fsp3) is 0.533. The van der Waals surface area contributed by atoms with Gasteiger partial charge < -0.3 is 19.3 Å². The summed E-state index contributed by atoms with van der Waals surface area (Å²) >= 11 is 0. The van der Waals surface area contributed by atoms with E-state index in [1.54, 1.807) is 12.1 Å². The minimum Gasteiger partial charge on any atom is -0.494 e. The second-order valence-electron chi connectivity index (χ2n) is 4.56. The van der Waals surface area contributed by atoms with E-state index in [-0.39, 0.29) is 11.7 Å². The van der Waals surface area contributed by atoms with Gasteiger partial charge in [0.25, 0.3) is 0 Å². The fourth-order valence-electron chi connectivity index (χ4n) is 1.49. The molecule has 0 heterocycles. The SMILES string of the molecule is CC(C)OCCOCCCOc1ccc(C(=O)O)cc1. The highest BCUT2D eigenvalue weighted by Crippen LogP contribution is 2.12. The van der Waals surface area contributed by atoms with E-state index in [9.17, 15) is 4.79 Å². The first kappa shape index (κ1) is 16.5. The number of carboxylic acid groups (broad SMARTS) is 1. The number of hydrogen-bond acceptors (Lipinski definition) is 4. The van der Waals surface area contributed by atoms with Crippen LogP contribution in [-0.4, -0.2) is 43.6 Å². The average molecular weight is 282 g/mol. The van der Waals surface area contributed by atoms with E-state index < -0.39 is 5.97 Å². The lowest BCUT2D eigenvalue weighted by Gasteiger charge is -2.09. The standard InChI is InChI=1S/C15H22O5/c1-12(2)19-11-10-18-8-3-9-20-14-6-4-13(5-7-14)15(16)17/h4-7,12H,3,8-11H2,1-2H3,(H,16,17). The van der Waals surface area contributed by atoms with Gasteiger partial charge in [-0.05, 0) is 38.1 Å². The summed E-state index contributed by atoms with van der Waals surface area (Å²) in [5, 5.41) is 8.76. The van der Waals surface area contributed by atoms with Crippen molar-refractivity contribution in [2.45, 2.75) is 26.4 Å². The van der Waals surface area contributed by atoms with Gasteiger partial charge in [0.1, 0.15) is 5.75 Å². The van der Waals surface area contributed by atoms with Gasteiger partial charge in [-0.3, -0.25) is 0 Å². The van der Waals surface area contributed by atoms with Crippen LogP contribution >= 0.6 is 0 Å². The lowest BCUT2D eigenvalue weighted by molar-refractivity contribution is 0.0170. The molecular formula is C15H22O5. The monoisotopic (exact) mass is 282 g/mol. The first-order chi connectivity index (χ1) is 9.59. The van der Waals surface area contributed by atoms with Crippen molar-refractivity contribution in [2.75, 3.05) is 26.4 Å². The topological polar surface area (TPSA) is 65.0 Å². The van der Waals surface area contributed by atoms with E-state index in [0.717, 1.165) is 6.42 Å². The molecule has 0 bridgehead atoms. The van der Waals surface area contributed by atoms with Crippen LogP contribution in [-0.2, 0) is 9.47 Å². The van der Waals surface area contributed by atoms with Crippen LogP contribution in [0.1, 0.15) is 30.6 Å². The molecule has 0 radical (unpaired) electrons. The zero-order chi connectivity index (χ0) is 14.8. The molecule has 112 valence electrons. The average Bonchev–Trinajstić information content (AvgIpc) is 2.42. The van der Waals surface area contributed by atoms with Crippen molar-refractivity contribution in [1.29, 1.82) is 0 Å². The van der Waals surface area contributed by atoms with Crippen LogP contribution < -0.4 is 4.74 Å². The molecule has 0 aliphatic rings. The number of ether oxygens (including phenoxy) is 3. The van der Waals surface area contributed by atoms with Gasteiger partial charge in [-0.25, -0.2) is 4.79 Å². The van der Waals surface area contributed by atoms with E-state index in [4.69, 9.17) is 19.3 Å². The maximum absolute atomic E-state index is 10.7. The van der Waals surface area contributed by atoms with Crippen molar-refractivity contribution >= 4 is 5.97 Å². The molecule has 0 aromatic heterocycles. The molecule has 0 amide bonds. The van der Waals surface area contributed by atoms with Crippen molar-refractivity contribution in [3.8, 4) is 5.75 Å². The highest BCUT2D eigenvalue weighted by molar-refractivity contribution is 5.87. The van der Waals surface area contributed by atoms with Crippen molar-refractivity contribution in [2.24, 2.45) is 0 Å². The van der Waals surface area contributed by atoms with E-state index in [0.29, 0.717) is 32.2 Å². The molecule has 20 heavy (non-hydrogen) atoms. The third-order valence-corrected chi connectivity index (χ3v) is 2.48. The van der Waals surface area contributed by atoms with Gasteiger partial charge in [-0.2, -0.15) is 0 Å². The molecule has 0 aliphatic carbocycles. The van der Waals surface area contributed by atoms with Crippen LogP contribution in [0.2, 0.25) is 0 Å². The molecule has 1 rings (SSSR count). The normalized spacial score (nSPS) is 10.8. The van der Waals surface area contributed by atoms with Crippen molar-refractivity contribution in [3.05, 3.63) is 29.8 Å². The predicted octanol–water partition coefficient (Wildman–Crippen LogP) is 2.60. The highest BCUT2D eigenvalue weighted by atomic mass is 16.5. The van der Waals surface area contributed by atoms with Gasteiger partial charge >= 0.3 is 5.97 Å². The quantitative estimate of drug-likeness (QED) is 0.668. The predicted molar refractivity (Wildman–Crippen MR) is 75.4 cm³/mol. The number of aromatic carboxylic acids is 1. The van der Waals surface area contributed by atoms with Gasteiger partial charge in [0.05, 0.1) is 31.5 Å². The molecule has 1 N–H and O–H groups in total. The zero-order valence-electron chi connectivity index (χ0n) is 12.0. The number of hydrogen-bond donors (Lipinski definition) is 1. The Morgan fingerprint density at radius 3 is 2.40 bits per heavy atom. The number of carbonyl (C=O) groups is 1. The fourth-order valence-corrected chi connectivity index (χ4v) is 1.49. The maximum atomic E-state index is 10.7. The van der Waals surface area contributed by atoms with E-state index in [1.165, 1.54) is 12.1 Å². The van der Waals surface area contributed by atoms with Gasteiger partial charge in [0.2, 0.25) is 0 Å². The largest absolute Gasteiger partial charge is 0.494 e. The maximum Gasteiger partial charge on any atom is 0.335 e. The Kier molecular flexibility index (Phi) is 7.69. The van der Waals surface area contributed by atoms with Crippen molar-refractivity contribution in [3.63, 3.8) is 0 Å². The van der Waals surface area contributed by atoms with E-state index in [2.05, 4.69) is 0 Å². The minimum atomic E-state index is -0.937. The van der Waals surface area contributed by atoms with E-state index >= 15 is 0 Å². The number of rotatable bonds is 10. The summed E-state index contributed by atoms with van der Waals surface area (Å²) in [6, 6.07) is 6.36. The Bertz CT molecular complexity index is 386. The summed E-state index contributed by atoms with van der Waals surface area (Å²) < 4.78 is 16.2. The zero-order valence-corrected chi connectivity index (χ0v) is 12.0. The minimum absolute atomic E-state index is 0.232. The molecule has 0 atom stereocenters. The number of benzene rings is 1. The first-order valence-corrected chi connectivity index (χ1v) is 6.75. The van der Waals surface area contributed by atoms with Crippen LogP contribution in [0.5, 0.6) is 5.75 Å². The van der Waals surface area contributed by atoms with Crippen LogP contribution in [0.3, 0.4) is 0 Å². The van der Waals surface area contributed by atoms with Crippen molar-refractivity contribution < 1.29 is 24.1 Å². The Labute approximate surface area is 119 Å². The first-order valence-electron chi connectivity index (χ1n) is 6.75. The molecule has 5 heteroatoms. The second kappa shape index (κ2) is 9.34. The van der Waals surface area contributed by atoms with Crippen LogP contribution in [0, 0.1) is 0 Å². The Morgan fingerprint density at radius 1 is 1.10 bits per heavy atom. The molecule has 0 spiro atoms.